The van der Waals surface area contributed by atoms with Crippen molar-refractivity contribution < 1.29 is 28.2 Å². The van der Waals surface area contributed by atoms with Crippen LogP contribution in [0.1, 0.15) is 20.8 Å². The van der Waals surface area contributed by atoms with Crippen molar-refractivity contribution in [2.45, 2.75) is 38.6 Å². The fourth-order valence-electron chi connectivity index (χ4n) is 1.43. The Morgan fingerprint density at radius 1 is 1.47 bits per heavy atom. The number of carbonyl (C=O) groups excluding carboxylic acids is 1. The van der Waals surface area contributed by atoms with Crippen molar-refractivity contribution in [3.63, 3.8) is 0 Å². The molecule has 0 aliphatic carbocycles. The molecule has 0 unspecified atom stereocenters. The van der Waals surface area contributed by atoms with E-state index in [1.165, 1.54) is 4.90 Å². The number of alkyl halides is 2. The number of β-amino-alcohol motifs (C(OH)–C–C–N with tert-alkyl or cyclic N) is 1. The van der Waals surface area contributed by atoms with Crippen molar-refractivity contribution in [1.29, 1.82) is 0 Å². The summed E-state index contributed by atoms with van der Waals surface area (Å²) < 4.78 is 32.6. The molecule has 17 heavy (non-hydrogen) atoms. The number of aliphatic hydroxyl groups is 1. The molecule has 5 nitrogen and oxygen atoms in total. The number of hydrogen-bond donors (Lipinski definition) is 1. The molecule has 0 aromatic heterocycles. The molecule has 100 valence electrons. The van der Waals surface area contributed by atoms with Gasteiger partial charge in [-0.05, 0) is 20.8 Å². The minimum absolute atomic E-state index is 0.0609. The molecule has 0 bridgehead atoms. The lowest BCUT2D eigenvalue weighted by molar-refractivity contribution is -0.199. The molecule has 0 aromatic rings. The van der Waals surface area contributed by atoms with Crippen molar-refractivity contribution in [3.05, 3.63) is 0 Å². The van der Waals surface area contributed by atoms with E-state index >= 15 is 0 Å². The average molecular weight is 253 g/mol. The first kappa shape index (κ1) is 14.1. The maximum absolute atomic E-state index is 11.8. The van der Waals surface area contributed by atoms with Gasteiger partial charge >= 0.3 is 12.7 Å². The van der Waals surface area contributed by atoms with E-state index in [4.69, 9.17) is 4.74 Å². The van der Waals surface area contributed by atoms with Gasteiger partial charge in [0.15, 0.2) is 0 Å². The third kappa shape index (κ3) is 4.43. The molecular weight excluding hydrogens is 236 g/mol. The second-order valence-corrected chi connectivity index (χ2v) is 5.13. The topological polar surface area (TPSA) is 59.0 Å². The van der Waals surface area contributed by atoms with Crippen LogP contribution in [0, 0.1) is 0 Å². The van der Waals surface area contributed by atoms with Crippen LogP contribution in [0.4, 0.5) is 13.6 Å². The highest BCUT2D eigenvalue weighted by molar-refractivity contribution is 5.69. The Balaban J connectivity index is 2.33. The summed E-state index contributed by atoms with van der Waals surface area (Å²) in [5.41, 5.74) is -2.02. The van der Waals surface area contributed by atoms with Gasteiger partial charge in [0.05, 0.1) is 19.7 Å². The quantitative estimate of drug-likeness (QED) is 0.821. The largest absolute Gasteiger partial charge is 0.444 e. The lowest BCUT2D eigenvalue weighted by atomic mass is 9.96. The molecule has 7 heteroatoms. The van der Waals surface area contributed by atoms with Gasteiger partial charge in [0.1, 0.15) is 11.2 Å². The smallest absolute Gasteiger partial charge is 0.410 e. The maximum atomic E-state index is 11.8. The number of nitrogens with zero attached hydrogens (tertiary/aromatic N) is 1. The molecule has 1 amide bonds. The normalized spacial score (nSPS) is 19.1. The van der Waals surface area contributed by atoms with Gasteiger partial charge in [-0.2, -0.15) is 8.78 Å². The second kappa shape index (κ2) is 4.73. The molecule has 0 aromatic carbocycles. The molecule has 1 fully saturated rings. The zero-order valence-electron chi connectivity index (χ0n) is 10.1. The SMILES string of the molecule is CC(C)(C)OC(=O)N1CC(O)(COC(F)F)C1. The maximum Gasteiger partial charge on any atom is 0.410 e. The van der Waals surface area contributed by atoms with Crippen LogP contribution in [0.2, 0.25) is 0 Å². The molecule has 1 rings (SSSR count). The number of rotatable bonds is 3. The van der Waals surface area contributed by atoms with Gasteiger partial charge in [-0.25, -0.2) is 4.79 Å². The molecule has 1 saturated heterocycles. The van der Waals surface area contributed by atoms with Gasteiger partial charge in [0.25, 0.3) is 0 Å². The van der Waals surface area contributed by atoms with E-state index in [9.17, 15) is 18.7 Å². The van der Waals surface area contributed by atoms with Crippen LogP contribution in [-0.4, -0.2) is 53.6 Å². The van der Waals surface area contributed by atoms with Crippen molar-refractivity contribution in [2.24, 2.45) is 0 Å². The minimum atomic E-state index is -2.92. The van der Waals surface area contributed by atoms with Crippen LogP contribution in [0.5, 0.6) is 0 Å². The van der Waals surface area contributed by atoms with E-state index in [2.05, 4.69) is 4.74 Å². The summed E-state index contributed by atoms with van der Waals surface area (Å²) in [4.78, 5) is 12.7. The molecule has 1 aliphatic rings. The lowest BCUT2D eigenvalue weighted by Gasteiger charge is -2.45. The Morgan fingerprint density at radius 3 is 2.41 bits per heavy atom. The van der Waals surface area contributed by atoms with E-state index in [0.717, 1.165) is 0 Å². The molecule has 0 saturated carbocycles. The summed E-state index contributed by atoms with van der Waals surface area (Å²) in [6.45, 7) is 1.62. The summed E-state index contributed by atoms with van der Waals surface area (Å²) in [5, 5.41) is 9.67. The van der Waals surface area contributed by atoms with Gasteiger partial charge in [0.2, 0.25) is 0 Å². The van der Waals surface area contributed by atoms with Gasteiger partial charge in [-0.1, -0.05) is 0 Å². The third-order valence-electron chi connectivity index (χ3n) is 2.10. The highest BCUT2D eigenvalue weighted by atomic mass is 19.3. The van der Waals surface area contributed by atoms with Crippen LogP contribution in [0.3, 0.4) is 0 Å². The standard InChI is InChI=1S/C10H17F2NO4/c1-9(2,3)17-8(14)13-4-10(15,5-13)6-16-7(11)12/h7,15H,4-6H2,1-3H3. The zero-order valence-corrected chi connectivity index (χ0v) is 10.1. The van der Waals surface area contributed by atoms with Crippen LogP contribution in [-0.2, 0) is 9.47 Å². The monoisotopic (exact) mass is 253 g/mol. The Kier molecular flexibility index (Phi) is 3.93. The molecule has 1 N–H and O–H groups in total. The summed E-state index contributed by atoms with van der Waals surface area (Å²) in [7, 11) is 0. The number of halogens is 2. The average Bonchev–Trinajstić information content (AvgIpc) is 2.07. The predicted molar refractivity (Wildman–Crippen MR) is 54.7 cm³/mol. The van der Waals surface area contributed by atoms with Gasteiger partial charge in [-0.15, -0.1) is 0 Å². The molecule has 0 radical (unpaired) electrons. The van der Waals surface area contributed by atoms with Crippen LogP contribution in [0.15, 0.2) is 0 Å². The Labute approximate surface area is 98.3 Å². The van der Waals surface area contributed by atoms with E-state index in [-0.39, 0.29) is 13.1 Å². The summed E-state index contributed by atoms with van der Waals surface area (Å²) in [6, 6.07) is 0. The first-order chi connectivity index (χ1) is 7.61. The Hall–Kier alpha value is -0.950. The predicted octanol–water partition coefficient (Wildman–Crippen LogP) is 1.21. The number of hydrogen-bond acceptors (Lipinski definition) is 4. The highest BCUT2D eigenvalue weighted by Crippen LogP contribution is 2.24. The van der Waals surface area contributed by atoms with Crippen molar-refractivity contribution in [2.75, 3.05) is 19.7 Å². The summed E-state index contributed by atoms with van der Waals surface area (Å²) in [6.07, 6.45) is -0.570. The number of likely N-dealkylation sites (tertiary alicyclic amines) is 1. The third-order valence-corrected chi connectivity index (χ3v) is 2.10. The fraction of sp³-hybridized carbons (Fsp3) is 0.900. The fourth-order valence-corrected chi connectivity index (χ4v) is 1.43. The van der Waals surface area contributed by atoms with Crippen molar-refractivity contribution >= 4 is 6.09 Å². The van der Waals surface area contributed by atoms with Gasteiger partial charge < -0.3 is 19.5 Å². The van der Waals surface area contributed by atoms with Gasteiger partial charge in [0, 0.05) is 0 Å². The first-order valence-corrected chi connectivity index (χ1v) is 5.21. The van der Waals surface area contributed by atoms with Crippen molar-refractivity contribution in [1.82, 2.24) is 4.90 Å². The van der Waals surface area contributed by atoms with E-state index in [1.54, 1.807) is 20.8 Å². The number of ether oxygens (including phenoxy) is 2. The second-order valence-electron chi connectivity index (χ2n) is 5.13. The zero-order chi connectivity index (χ0) is 13.3. The molecular formula is C10H17F2NO4. The van der Waals surface area contributed by atoms with Gasteiger partial charge in [-0.3, -0.25) is 0 Å². The molecule has 0 atom stereocenters. The Morgan fingerprint density at radius 2 is 2.00 bits per heavy atom. The highest BCUT2D eigenvalue weighted by Gasteiger charge is 2.45. The molecule has 1 aliphatic heterocycles. The molecule has 0 spiro atoms. The van der Waals surface area contributed by atoms with E-state index in [0.29, 0.717) is 0 Å². The van der Waals surface area contributed by atoms with E-state index in [1.807, 2.05) is 0 Å². The number of carbonyl (C=O) groups is 1. The van der Waals surface area contributed by atoms with Crippen LogP contribution in [0.25, 0.3) is 0 Å². The Bertz CT molecular complexity index is 285. The van der Waals surface area contributed by atoms with E-state index < -0.39 is 30.5 Å². The summed E-state index contributed by atoms with van der Waals surface area (Å²) >= 11 is 0. The van der Waals surface area contributed by atoms with Crippen molar-refractivity contribution in [3.8, 4) is 0 Å². The summed E-state index contributed by atoms with van der Waals surface area (Å²) in [5.74, 6) is 0. The number of amides is 1. The minimum Gasteiger partial charge on any atom is -0.444 e. The first-order valence-electron chi connectivity index (χ1n) is 5.21. The lowest BCUT2D eigenvalue weighted by Crippen LogP contribution is -2.66. The molecule has 1 heterocycles. The van der Waals surface area contributed by atoms with Crippen LogP contribution < -0.4 is 0 Å². The van der Waals surface area contributed by atoms with Crippen LogP contribution >= 0.6 is 0 Å².